The molecule has 2 aliphatic rings. The number of nitrogens with one attached hydrogen (secondary N) is 2. The molecule has 2 N–H and O–H groups in total. The Labute approximate surface area is 175 Å². The molecule has 1 aromatic heterocycles. The molecule has 0 atom stereocenters. The van der Waals surface area contributed by atoms with Crippen LogP contribution < -0.4 is 10.6 Å². The highest BCUT2D eigenvalue weighted by atomic mass is 35.5. The molecule has 1 amide bonds. The van der Waals surface area contributed by atoms with Crippen LogP contribution in [-0.2, 0) is 10.0 Å². The van der Waals surface area contributed by atoms with E-state index in [1.165, 1.54) is 6.20 Å². The monoisotopic (exact) mass is 434 g/mol. The molecule has 154 valence electrons. The number of rotatable bonds is 6. The molecule has 2 heterocycles. The van der Waals surface area contributed by atoms with Crippen LogP contribution in [0.2, 0.25) is 5.02 Å². The number of sulfonamides is 1. The number of hydrogen-bond donors (Lipinski definition) is 2. The second-order valence-electron chi connectivity index (χ2n) is 7.46. The Bertz CT molecular complexity index is 985. The molecule has 1 aliphatic carbocycles. The van der Waals surface area contributed by atoms with Gasteiger partial charge in [0.25, 0.3) is 5.91 Å². The molecule has 2 aromatic rings. The summed E-state index contributed by atoms with van der Waals surface area (Å²) in [5.41, 5.74) is 1.07. The Morgan fingerprint density at radius 1 is 1.10 bits per heavy atom. The highest BCUT2D eigenvalue weighted by molar-refractivity contribution is 7.90. The number of carbonyl (C=O) groups is 1. The average Bonchev–Trinajstić information content (AvgIpc) is 3.55. The third-order valence-electron chi connectivity index (χ3n) is 5.22. The molecule has 1 saturated carbocycles. The quantitative estimate of drug-likeness (QED) is 0.727. The van der Waals surface area contributed by atoms with E-state index in [0.29, 0.717) is 35.2 Å². The molecule has 9 heteroatoms. The second-order valence-corrected chi connectivity index (χ2v) is 10.1. The van der Waals surface area contributed by atoms with Crippen molar-refractivity contribution in [2.24, 2.45) is 0 Å². The first-order valence-corrected chi connectivity index (χ1v) is 11.6. The Morgan fingerprint density at radius 2 is 1.86 bits per heavy atom. The van der Waals surface area contributed by atoms with Crippen LogP contribution in [0.1, 0.15) is 36.0 Å². The lowest BCUT2D eigenvalue weighted by Gasteiger charge is -2.31. The smallest absolute Gasteiger partial charge is 0.257 e. The summed E-state index contributed by atoms with van der Waals surface area (Å²) in [7, 11) is -3.09. The molecule has 2 fully saturated rings. The van der Waals surface area contributed by atoms with Gasteiger partial charge in [-0.1, -0.05) is 17.7 Å². The predicted octanol–water partition coefficient (Wildman–Crippen LogP) is 3.36. The maximum atomic E-state index is 12.3. The van der Waals surface area contributed by atoms with Gasteiger partial charge in [-0.25, -0.2) is 17.7 Å². The van der Waals surface area contributed by atoms with Crippen molar-refractivity contribution < 1.29 is 13.2 Å². The number of amides is 1. The number of halogens is 1. The van der Waals surface area contributed by atoms with Gasteiger partial charge in [-0.05, 0) is 56.0 Å². The lowest BCUT2D eigenvalue weighted by Crippen LogP contribution is -2.43. The van der Waals surface area contributed by atoms with Crippen molar-refractivity contribution in [2.45, 2.75) is 37.0 Å². The van der Waals surface area contributed by atoms with Crippen LogP contribution in [0.4, 0.5) is 11.5 Å². The van der Waals surface area contributed by atoms with Gasteiger partial charge in [-0.2, -0.15) is 0 Å². The molecule has 4 rings (SSSR count). The molecule has 1 saturated heterocycles. The van der Waals surface area contributed by atoms with Crippen LogP contribution in [0.25, 0.3) is 0 Å². The van der Waals surface area contributed by atoms with Crippen molar-refractivity contribution in [2.75, 3.05) is 23.7 Å². The SMILES string of the molecule is O=C(Nc1cccc(Cl)c1)c1ccc(NC2CCN(S(=O)(=O)C3CC3)CC2)nc1. The standard InChI is InChI=1S/C20H23ClN4O3S/c21-15-2-1-3-17(12-15)24-20(26)14-4-7-19(22-13-14)23-16-8-10-25(11-9-16)29(27,28)18-5-6-18/h1-4,7,12-13,16,18H,5-6,8-11H2,(H,22,23)(H,24,26). The van der Waals surface area contributed by atoms with Gasteiger partial charge in [0, 0.05) is 36.0 Å². The van der Waals surface area contributed by atoms with Crippen LogP contribution in [0.5, 0.6) is 0 Å². The molecule has 0 spiro atoms. The number of aromatic nitrogens is 1. The van der Waals surface area contributed by atoms with E-state index in [0.717, 1.165) is 25.7 Å². The van der Waals surface area contributed by atoms with E-state index < -0.39 is 10.0 Å². The molecule has 0 bridgehead atoms. The largest absolute Gasteiger partial charge is 0.367 e. The summed E-state index contributed by atoms with van der Waals surface area (Å²) in [6, 6.07) is 10.6. The minimum atomic E-state index is -3.09. The van der Waals surface area contributed by atoms with Crippen LogP contribution in [-0.4, -0.2) is 48.0 Å². The van der Waals surface area contributed by atoms with Gasteiger partial charge in [-0.15, -0.1) is 0 Å². The molecule has 7 nitrogen and oxygen atoms in total. The maximum absolute atomic E-state index is 12.3. The van der Waals surface area contributed by atoms with Crippen LogP contribution in [0.15, 0.2) is 42.6 Å². The number of benzene rings is 1. The Balaban J connectivity index is 1.30. The average molecular weight is 435 g/mol. The van der Waals surface area contributed by atoms with Crippen LogP contribution >= 0.6 is 11.6 Å². The van der Waals surface area contributed by atoms with Crippen molar-refractivity contribution in [3.05, 3.63) is 53.2 Å². The first kappa shape index (κ1) is 20.1. The van der Waals surface area contributed by atoms with Gasteiger partial charge in [0.05, 0.1) is 10.8 Å². The molecular weight excluding hydrogens is 412 g/mol. The van der Waals surface area contributed by atoms with Crippen molar-refractivity contribution in [1.29, 1.82) is 0 Å². The van der Waals surface area contributed by atoms with E-state index in [1.807, 2.05) is 0 Å². The van der Waals surface area contributed by atoms with Gasteiger partial charge in [0.1, 0.15) is 5.82 Å². The number of piperidine rings is 1. The molecule has 0 unspecified atom stereocenters. The minimum Gasteiger partial charge on any atom is -0.367 e. The van der Waals surface area contributed by atoms with Gasteiger partial charge < -0.3 is 10.6 Å². The Hall–Kier alpha value is -2.16. The summed E-state index contributed by atoms with van der Waals surface area (Å²) in [6.07, 6.45) is 4.59. The number of carbonyl (C=O) groups excluding carboxylic acids is 1. The predicted molar refractivity (Wildman–Crippen MR) is 114 cm³/mol. The summed E-state index contributed by atoms with van der Waals surface area (Å²) in [5.74, 6) is 0.415. The molecule has 29 heavy (non-hydrogen) atoms. The van der Waals surface area contributed by atoms with Crippen LogP contribution in [0, 0.1) is 0 Å². The van der Waals surface area contributed by atoms with Crippen molar-refractivity contribution in [3.63, 3.8) is 0 Å². The fourth-order valence-electron chi connectivity index (χ4n) is 3.42. The van der Waals surface area contributed by atoms with Crippen LogP contribution in [0.3, 0.4) is 0 Å². The van der Waals surface area contributed by atoms with E-state index >= 15 is 0 Å². The van der Waals surface area contributed by atoms with Crippen molar-refractivity contribution in [3.8, 4) is 0 Å². The van der Waals surface area contributed by atoms with E-state index in [2.05, 4.69) is 15.6 Å². The number of hydrogen-bond acceptors (Lipinski definition) is 5. The summed E-state index contributed by atoms with van der Waals surface area (Å²) < 4.78 is 26.2. The third kappa shape index (κ3) is 4.88. The number of pyridine rings is 1. The molecule has 1 aromatic carbocycles. The van der Waals surface area contributed by atoms with Crippen molar-refractivity contribution >= 4 is 39.0 Å². The molecule has 1 aliphatic heterocycles. The van der Waals surface area contributed by atoms with Gasteiger partial charge in [0.2, 0.25) is 10.0 Å². The fraction of sp³-hybridized carbons (Fsp3) is 0.400. The molecule has 0 radical (unpaired) electrons. The summed E-state index contributed by atoms with van der Waals surface area (Å²) in [4.78, 5) is 16.7. The lowest BCUT2D eigenvalue weighted by molar-refractivity contribution is 0.102. The first-order chi connectivity index (χ1) is 13.9. The number of anilines is 2. The van der Waals surface area contributed by atoms with Crippen molar-refractivity contribution in [1.82, 2.24) is 9.29 Å². The highest BCUT2D eigenvalue weighted by Crippen LogP contribution is 2.32. The van der Waals surface area contributed by atoms with E-state index in [4.69, 9.17) is 11.6 Å². The summed E-state index contributed by atoms with van der Waals surface area (Å²) >= 11 is 5.93. The number of nitrogens with zero attached hydrogens (tertiary/aromatic N) is 2. The van der Waals surface area contributed by atoms with Gasteiger partial charge in [-0.3, -0.25) is 4.79 Å². The summed E-state index contributed by atoms with van der Waals surface area (Å²) in [6.45, 7) is 1.08. The van der Waals surface area contributed by atoms with Gasteiger partial charge >= 0.3 is 0 Å². The zero-order chi connectivity index (χ0) is 20.4. The molecular formula is C20H23ClN4O3S. The van der Waals surface area contributed by atoms with Gasteiger partial charge in [0.15, 0.2) is 0 Å². The lowest BCUT2D eigenvalue weighted by atomic mass is 10.1. The zero-order valence-corrected chi connectivity index (χ0v) is 17.4. The first-order valence-electron chi connectivity index (χ1n) is 9.70. The van der Waals surface area contributed by atoms with E-state index in [1.54, 1.807) is 40.7 Å². The summed E-state index contributed by atoms with van der Waals surface area (Å²) in [5, 5.41) is 6.52. The maximum Gasteiger partial charge on any atom is 0.257 e. The minimum absolute atomic E-state index is 0.153. The topological polar surface area (TPSA) is 91.4 Å². The highest BCUT2D eigenvalue weighted by Gasteiger charge is 2.41. The fourth-order valence-corrected chi connectivity index (χ4v) is 5.49. The second kappa shape index (κ2) is 8.30. The third-order valence-corrected chi connectivity index (χ3v) is 7.85. The Morgan fingerprint density at radius 3 is 2.48 bits per heavy atom. The van der Waals surface area contributed by atoms with E-state index in [9.17, 15) is 13.2 Å². The zero-order valence-electron chi connectivity index (χ0n) is 15.8. The van der Waals surface area contributed by atoms with E-state index in [-0.39, 0.29) is 17.2 Å². The Kier molecular flexibility index (Phi) is 5.76. The normalized spacial score (nSPS) is 18.4.